The fourth-order valence-corrected chi connectivity index (χ4v) is 1.77. The third kappa shape index (κ3) is 2.42. The maximum atomic E-state index is 10.3. The Balaban J connectivity index is 2.65. The highest BCUT2D eigenvalue weighted by Gasteiger charge is 2.02. The molecular weight excluding hydrogens is 158 g/mol. The fraction of sp³-hybridized carbons (Fsp3) is 0.500. The minimum atomic E-state index is 0.612. The molecule has 0 unspecified atom stereocenters. The summed E-state index contributed by atoms with van der Waals surface area (Å²) in [5.41, 5.74) is 0. The van der Waals surface area contributed by atoms with Crippen LogP contribution in [0.5, 0.6) is 0 Å². The molecule has 60 valence electrons. The van der Waals surface area contributed by atoms with Crippen LogP contribution in [0.15, 0.2) is 6.20 Å². The zero-order valence-electron chi connectivity index (χ0n) is 6.70. The summed E-state index contributed by atoms with van der Waals surface area (Å²) < 4.78 is 0. The normalized spacial score (nSPS) is 10.5. The van der Waals surface area contributed by atoms with Gasteiger partial charge in [0.25, 0.3) is 0 Å². The van der Waals surface area contributed by atoms with Crippen LogP contribution < -0.4 is 0 Å². The molecule has 0 bridgehead atoms. The summed E-state index contributed by atoms with van der Waals surface area (Å²) in [6.45, 7) is 4.28. The van der Waals surface area contributed by atoms with Gasteiger partial charge in [-0.2, -0.15) is 0 Å². The molecular formula is C8H11NOS. The first-order valence-electron chi connectivity index (χ1n) is 3.62. The molecule has 0 atom stereocenters. The lowest BCUT2D eigenvalue weighted by Crippen LogP contribution is -1.91. The van der Waals surface area contributed by atoms with Crippen LogP contribution >= 0.6 is 11.3 Å². The van der Waals surface area contributed by atoms with Crippen LogP contribution in [0.4, 0.5) is 0 Å². The quantitative estimate of drug-likeness (QED) is 0.649. The Morgan fingerprint density at radius 3 is 2.91 bits per heavy atom. The average molecular weight is 169 g/mol. The highest BCUT2D eigenvalue weighted by Crippen LogP contribution is 2.14. The van der Waals surface area contributed by atoms with Crippen LogP contribution in [-0.2, 0) is 6.42 Å². The van der Waals surface area contributed by atoms with Gasteiger partial charge in [-0.15, -0.1) is 11.3 Å². The van der Waals surface area contributed by atoms with Crippen LogP contribution in [0.3, 0.4) is 0 Å². The molecule has 1 rings (SSSR count). The van der Waals surface area contributed by atoms with Gasteiger partial charge < -0.3 is 0 Å². The molecule has 1 aromatic heterocycles. The molecule has 0 aliphatic carbocycles. The van der Waals surface area contributed by atoms with E-state index < -0.39 is 0 Å². The van der Waals surface area contributed by atoms with Crippen LogP contribution in [-0.4, -0.2) is 11.3 Å². The Morgan fingerprint density at radius 1 is 1.73 bits per heavy atom. The highest BCUT2D eigenvalue weighted by atomic mass is 32.1. The molecule has 0 spiro atoms. The van der Waals surface area contributed by atoms with E-state index in [-0.39, 0.29) is 0 Å². The SMILES string of the molecule is CC(C)Cc1ncc(C=O)s1. The summed E-state index contributed by atoms with van der Waals surface area (Å²) in [7, 11) is 0. The van der Waals surface area contributed by atoms with Crippen molar-refractivity contribution in [1.82, 2.24) is 4.98 Å². The molecule has 0 saturated heterocycles. The first-order valence-corrected chi connectivity index (χ1v) is 4.44. The minimum Gasteiger partial charge on any atom is -0.297 e. The molecule has 0 amide bonds. The van der Waals surface area contributed by atoms with E-state index in [1.54, 1.807) is 6.20 Å². The molecule has 0 saturated carbocycles. The van der Waals surface area contributed by atoms with E-state index in [0.717, 1.165) is 22.6 Å². The fourth-order valence-electron chi connectivity index (χ4n) is 0.822. The summed E-state index contributed by atoms with van der Waals surface area (Å²) in [6.07, 6.45) is 3.45. The summed E-state index contributed by atoms with van der Waals surface area (Å²) in [6, 6.07) is 0. The van der Waals surface area contributed by atoms with Crippen molar-refractivity contribution in [2.75, 3.05) is 0 Å². The summed E-state index contributed by atoms with van der Waals surface area (Å²) in [5, 5.41) is 1.06. The third-order valence-corrected chi connectivity index (χ3v) is 2.22. The standard InChI is InChI=1S/C8H11NOS/c1-6(2)3-8-9-4-7(5-10)11-8/h4-6H,3H2,1-2H3. The number of hydrogen-bond donors (Lipinski definition) is 0. The van der Waals surface area contributed by atoms with E-state index in [1.165, 1.54) is 11.3 Å². The van der Waals surface area contributed by atoms with Crippen molar-refractivity contribution in [2.24, 2.45) is 5.92 Å². The van der Waals surface area contributed by atoms with Crippen LogP contribution in [0.1, 0.15) is 28.5 Å². The Hall–Kier alpha value is -0.700. The second-order valence-corrected chi connectivity index (χ2v) is 4.02. The summed E-state index contributed by atoms with van der Waals surface area (Å²) in [5.74, 6) is 0.612. The van der Waals surface area contributed by atoms with Crippen molar-refractivity contribution in [3.05, 3.63) is 16.1 Å². The van der Waals surface area contributed by atoms with E-state index in [4.69, 9.17) is 0 Å². The first kappa shape index (κ1) is 8.40. The van der Waals surface area contributed by atoms with Crippen molar-refractivity contribution in [3.63, 3.8) is 0 Å². The smallest absolute Gasteiger partial charge is 0.161 e. The topological polar surface area (TPSA) is 30.0 Å². The number of aromatic nitrogens is 1. The minimum absolute atomic E-state index is 0.612. The Bertz CT molecular complexity index is 242. The number of hydrogen-bond acceptors (Lipinski definition) is 3. The van der Waals surface area contributed by atoms with Gasteiger partial charge in [-0.1, -0.05) is 13.8 Å². The Morgan fingerprint density at radius 2 is 2.45 bits per heavy atom. The summed E-state index contributed by atoms with van der Waals surface area (Å²) in [4.78, 5) is 15.1. The monoisotopic (exact) mass is 169 g/mol. The zero-order valence-corrected chi connectivity index (χ0v) is 7.52. The highest BCUT2D eigenvalue weighted by molar-refractivity contribution is 7.13. The predicted molar refractivity (Wildman–Crippen MR) is 46.0 cm³/mol. The molecule has 3 heteroatoms. The van der Waals surface area contributed by atoms with Crippen molar-refractivity contribution >= 4 is 17.6 Å². The van der Waals surface area contributed by atoms with Crippen LogP contribution in [0.2, 0.25) is 0 Å². The molecule has 0 aliphatic heterocycles. The van der Waals surface area contributed by atoms with Gasteiger partial charge in [0, 0.05) is 12.6 Å². The lowest BCUT2D eigenvalue weighted by Gasteiger charge is -1.97. The van der Waals surface area contributed by atoms with Gasteiger partial charge in [-0.05, 0) is 5.92 Å². The molecule has 0 aromatic carbocycles. The van der Waals surface area contributed by atoms with Gasteiger partial charge in [0.2, 0.25) is 0 Å². The van der Waals surface area contributed by atoms with Gasteiger partial charge >= 0.3 is 0 Å². The number of rotatable bonds is 3. The Labute approximate surface area is 70.3 Å². The zero-order chi connectivity index (χ0) is 8.27. The molecule has 0 fully saturated rings. The first-order chi connectivity index (χ1) is 5.22. The third-order valence-electron chi connectivity index (χ3n) is 1.27. The molecule has 1 heterocycles. The molecule has 1 aromatic rings. The molecule has 0 aliphatic rings. The largest absolute Gasteiger partial charge is 0.297 e. The second-order valence-electron chi connectivity index (χ2n) is 2.87. The number of nitrogens with zero attached hydrogens (tertiary/aromatic N) is 1. The lowest BCUT2D eigenvalue weighted by molar-refractivity contribution is 0.112. The number of thiazole rings is 1. The van der Waals surface area contributed by atoms with Gasteiger partial charge in [0.15, 0.2) is 6.29 Å². The van der Waals surface area contributed by atoms with Crippen LogP contribution in [0, 0.1) is 5.92 Å². The maximum absolute atomic E-state index is 10.3. The molecule has 0 N–H and O–H groups in total. The van der Waals surface area contributed by atoms with E-state index in [9.17, 15) is 4.79 Å². The lowest BCUT2D eigenvalue weighted by atomic mass is 10.1. The van der Waals surface area contributed by atoms with Crippen molar-refractivity contribution < 1.29 is 4.79 Å². The maximum Gasteiger partial charge on any atom is 0.161 e. The molecule has 2 nitrogen and oxygen atoms in total. The van der Waals surface area contributed by atoms with Crippen molar-refractivity contribution in [2.45, 2.75) is 20.3 Å². The van der Waals surface area contributed by atoms with Crippen molar-refractivity contribution in [1.29, 1.82) is 0 Å². The number of carbonyl (C=O) groups is 1. The van der Waals surface area contributed by atoms with Crippen LogP contribution in [0.25, 0.3) is 0 Å². The predicted octanol–water partition coefficient (Wildman–Crippen LogP) is 2.15. The summed E-state index contributed by atoms with van der Waals surface area (Å²) >= 11 is 1.48. The Kier molecular flexibility index (Phi) is 2.76. The van der Waals surface area contributed by atoms with Crippen molar-refractivity contribution in [3.8, 4) is 0 Å². The van der Waals surface area contributed by atoms with Gasteiger partial charge in [-0.25, -0.2) is 4.98 Å². The van der Waals surface area contributed by atoms with E-state index in [0.29, 0.717) is 5.92 Å². The van der Waals surface area contributed by atoms with Gasteiger partial charge in [0.05, 0.1) is 9.88 Å². The number of carbonyl (C=O) groups excluding carboxylic acids is 1. The van der Waals surface area contributed by atoms with E-state index in [1.807, 2.05) is 0 Å². The molecule has 11 heavy (non-hydrogen) atoms. The molecule has 0 radical (unpaired) electrons. The van der Waals surface area contributed by atoms with E-state index >= 15 is 0 Å². The number of aldehydes is 1. The average Bonchev–Trinajstić information content (AvgIpc) is 2.34. The second kappa shape index (κ2) is 3.62. The van der Waals surface area contributed by atoms with Gasteiger partial charge in [0.1, 0.15) is 0 Å². The van der Waals surface area contributed by atoms with E-state index in [2.05, 4.69) is 18.8 Å². The van der Waals surface area contributed by atoms with Gasteiger partial charge in [-0.3, -0.25) is 4.79 Å².